The van der Waals surface area contributed by atoms with E-state index in [2.05, 4.69) is 0 Å². The molecule has 1 saturated carbocycles. The Labute approximate surface area is 268 Å². The van der Waals surface area contributed by atoms with Crippen molar-refractivity contribution in [1.29, 1.82) is 0 Å². The molecule has 0 saturated heterocycles. The van der Waals surface area contributed by atoms with Crippen molar-refractivity contribution >= 4 is 35.8 Å². The number of carbonyl (C=O) groups excluding carboxylic acids is 4. The van der Waals surface area contributed by atoms with Crippen LogP contribution in [0.2, 0.25) is 0 Å². The van der Waals surface area contributed by atoms with Gasteiger partial charge in [0.05, 0.1) is 25.0 Å². The van der Waals surface area contributed by atoms with Crippen LogP contribution < -0.4 is 18.9 Å². The highest BCUT2D eigenvalue weighted by atomic mass is 32.2. The molecule has 0 unspecified atom stereocenters. The fourth-order valence-electron chi connectivity index (χ4n) is 4.36. The molecule has 0 heterocycles. The maximum Gasteiger partial charge on any atom is 0.508 e. The highest BCUT2D eigenvalue weighted by Gasteiger charge is 2.32. The topological polar surface area (TPSA) is 133 Å². The Balaban J connectivity index is 1.29. The number of ether oxygens (including phenoxy) is 7. The molecule has 2 aromatic carbocycles. The van der Waals surface area contributed by atoms with Gasteiger partial charge < -0.3 is 33.2 Å². The fourth-order valence-corrected chi connectivity index (χ4v) is 4.97. The molecule has 0 bridgehead atoms. The average molecular weight is 647 g/mol. The molecule has 2 aromatic rings. The van der Waals surface area contributed by atoms with Gasteiger partial charge in [0.2, 0.25) is 0 Å². The summed E-state index contributed by atoms with van der Waals surface area (Å²) in [4.78, 5) is 47.6. The van der Waals surface area contributed by atoms with E-state index in [1.165, 1.54) is 6.92 Å². The molecular formula is C33H42O11S. The average Bonchev–Trinajstić information content (AvgIpc) is 3.04. The van der Waals surface area contributed by atoms with Gasteiger partial charge in [0, 0.05) is 18.4 Å². The summed E-state index contributed by atoms with van der Waals surface area (Å²) in [5, 5.41) is 0. The van der Waals surface area contributed by atoms with E-state index in [4.69, 9.17) is 33.2 Å². The summed E-state index contributed by atoms with van der Waals surface area (Å²) in [6.45, 7) is 4.83. The van der Waals surface area contributed by atoms with Crippen molar-refractivity contribution < 1.29 is 52.3 Å². The van der Waals surface area contributed by atoms with Gasteiger partial charge in [0.15, 0.2) is 0 Å². The second kappa shape index (κ2) is 20.2. The van der Waals surface area contributed by atoms with E-state index >= 15 is 0 Å². The maximum atomic E-state index is 12.7. The molecule has 0 amide bonds. The SMILES string of the molecule is CCCCOC(=O)OCCOc1ccc(OC(=O)C2CCC(C(=O)Oc3ccc(OCCSCCOC(C)=O)cc3)CC2)cc1. The molecule has 0 aliphatic heterocycles. The molecule has 1 fully saturated rings. The van der Waals surface area contributed by atoms with Crippen LogP contribution in [0, 0.1) is 11.8 Å². The first kappa shape index (κ1) is 35.5. The second-order valence-electron chi connectivity index (χ2n) is 10.3. The van der Waals surface area contributed by atoms with Gasteiger partial charge in [0.1, 0.15) is 42.8 Å². The standard InChI is InChI=1S/C33H42O11S/c1-3-4-17-41-33(37)42-19-18-39-27-9-13-29(14-10-27)43-31(35)25-5-7-26(8-6-25)32(36)44-30-15-11-28(12-16-30)40-21-23-45-22-20-38-24(2)34/h9-16,25-26H,3-8,17-23H2,1-2H3. The van der Waals surface area contributed by atoms with Crippen LogP contribution >= 0.6 is 11.8 Å². The maximum absolute atomic E-state index is 12.7. The molecule has 0 aromatic heterocycles. The molecule has 45 heavy (non-hydrogen) atoms. The number of hydrogen-bond acceptors (Lipinski definition) is 12. The van der Waals surface area contributed by atoms with Crippen molar-refractivity contribution in [3.05, 3.63) is 48.5 Å². The lowest BCUT2D eigenvalue weighted by atomic mass is 9.82. The van der Waals surface area contributed by atoms with Gasteiger partial charge in [-0.15, -0.1) is 0 Å². The van der Waals surface area contributed by atoms with E-state index < -0.39 is 6.16 Å². The molecule has 1 aliphatic rings. The van der Waals surface area contributed by atoms with Crippen molar-refractivity contribution in [3.63, 3.8) is 0 Å². The van der Waals surface area contributed by atoms with Crippen LogP contribution in [-0.4, -0.2) is 68.6 Å². The van der Waals surface area contributed by atoms with Crippen LogP contribution in [0.5, 0.6) is 23.0 Å². The van der Waals surface area contributed by atoms with Crippen molar-refractivity contribution in [2.24, 2.45) is 11.8 Å². The Morgan fingerprint density at radius 2 is 1.09 bits per heavy atom. The Kier molecular flexibility index (Phi) is 15.9. The molecule has 0 N–H and O–H groups in total. The molecule has 0 spiro atoms. The minimum absolute atomic E-state index is 0.0571. The zero-order chi connectivity index (χ0) is 32.3. The smallest absolute Gasteiger partial charge is 0.493 e. The summed E-state index contributed by atoms with van der Waals surface area (Å²) in [5.41, 5.74) is 0. The number of thioether (sulfide) groups is 1. The number of hydrogen-bond donors (Lipinski definition) is 0. The summed E-state index contributed by atoms with van der Waals surface area (Å²) in [6, 6.07) is 13.5. The first-order valence-electron chi connectivity index (χ1n) is 15.2. The highest BCUT2D eigenvalue weighted by molar-refractivity contribution is 7.99. The summed E-state index contributed by atoms with van der Waals surface area (Å²) in [7, 11) is 0. The molecule has 0 radical (unpaired) electrons. The Morgan fingerprint density at radius 1 is 0.622 bits per heavy atom. The lowest BCUT2D eigenvalue weighted by Crippen LogP contribution is -2.30. The zero-order valence-corrected chi connectivity index (χ0v) is 26.7. The van der Waals surface area contributed by atoms with E-state index in [0.717, 1.165) is 18.6 Å². The number of esters is 3. The van der Waals surface area contributed by atoms with E-state index in [1.54, 1.807) is 60.3 Å². The van der Waals surface area contributed by atoms with Crippen LogP contribution in [0.1, 0.15) is 52.4 Å². The zero-order valence-electron chi connectivity index (χ0n) is 25.9. The second-order valence-corrected chi connectivity index (χ2v) is 11.5. The van der Waals surface area contributed by atoms with Crippen molar-refractivity contribution in [3.8, 4) is 23.0 Å². The van der Waals surface area contributed by atoms with E-state index in [0.29, 0.717) is 74.3 Å². The Hall–Kier alpha value is -3.93. The van der Waals surface area contributed by atoms with E-state index in [-0.39, 0.29) is 43.0 Å². The normalized spacial score (nSPS) is 15.8. The molecule has 12 heteroatoms. The number of unbranched alkanes of at least 4 members (excludes halogenated alkanes) is 1. The van der Waals surface area contributed by atoms with Gasteiger partial charge in [-0.05, 0) is 80.6 Å². The van der Waals surface area contributed by atoms with Gasteiger partial charge in [0.25, 0.3) is 0 Å². The number of benzene rings is 2. The summed E-state index contributed by atoms with van der Waals surface area (Å²) in [5.74, 6) is 2.02. The molecule has 246 valence electrons. The van der Waals surface area contributed by atoms with Crippen molar-refractivity contribution in [2.45, 2.75) is 52.4 Å². The number of carbonyl (C=O) groups is 4. The van der Waals surface area contributed by atoms with Crippen LogP contribution in [0.4, 0.5) is 4.79 Å². The predicted molar refractivity (Wildman–Crippen MR) is 167 cm³/mol. The van der Waals surface area contributed by atoms with Gasteiger partial charge >= 0.3 is 24.1 Å². The van der Waals surface area contributed by atoms with Crippen molar-refractivity contribution in [2.75, 3.05) is 44.5 Å². The minimum Gasteiger partial charge on any atom is -0.493 e. The monoisotopic (exact) mass is 646 g/mol. The lowest BCUT2D eigenvalue weighted by molar-refractivity contribution is -0.145. The Morgan fingerprint density at radius 3 is 1.60 bits per heavy atom. The predicted octanol–water partition coefficient (Wildman–Crippen LogP) is 6.01. The first-order chi connectivity index (χ1) is 21.8. The lowest BCUT2D eigenvalue weighted by Gasteiger charge is -2.25. The number of rotatable bonds is 18. The third kappa shape index (κ3) is 14.1. The van der Waals surface area contributed by atoms with Gasteiger partial charge in [-0.25, -0.2) is 4.79 Å². The van der Waals surface area contributed by atoms with Crippen LogP contribution in [0.25, 0.3) is 0 Å². The summed E-state index contributed by atoms with van der Waals surface area (Å²) >= 11 is 1.63. The van der Waals surface area contributed by atoms with Crippen LogP contribution in [0.3, 0.4) is 0 Å². The first-order valence-corrected chi connectivity index (χ1v) is 16.4. The van der Waals surface area contributed by atoms with Crippen LogP contribution in [0.15, 0.2) is 48.5 Å². The van der Waals surface area contributed by atoms with Crippen molar-refractivity contribution in [1.82, 2.24) is 0 Å². The largest absolute Gasteiger partial charge is 0.508 e. The third-order valence-corrected chi connectivity index (χ3v) is 7.71. The fraction of sp³-hybridized carbons (Fsp3) is 0.515. The van der Waals surface area contributed by atoms with E-state index in [1.807, 2.05) is 6.92 Å². The minimum atomic E-state index is -0.713. The summed E-state index contributed by atoms with van der Waals surface area (Å²) in [6.07, 6.45) is 3.15. The van der Waals surface area contributed by atoms with Crippen LogP contribution in [-0.2, 0) is 28.6 Å². The molecule has 3 rings (SSSR count). The Bertz CT molecular complexity index is 1190. The van der Waals surface area contributed by atoms with Gasteiger partial charge in [-0.1, -0.05) is 13.3 Å². The molecular weight excluding hydrogens is 604 g/mol. The quantitative estimate of drug-likeness (QED) is 0.107. The molecule has 0 atom stereocenters. The van der Waals surface area contributed by atoms with Gasteiger partial charge in [-0.2, -0.15) is 11.8 Å². The summed E-state index contributed by atoms with van der Waals surface area (Å²) < 4.78 is 37.1. The highest BCUT2D eigenvalue weighted by Crippen LogP contribution is 2.32. The van der Waals surface area contributed by atoms with Gasteiger partial charge in [-0.3, -0.25) is 14.4 Å². The molecule has 1 aliphatic carbocycles. The molecule has 11 nitrogen and oxygen atoms in total. The van der Waals surface area contributed by atoms with E-state index in [9.17, 15) is 19.2 Å². The third-order valence-electron chi connectivity index (χ3n) is 6.80.